The summed E-state index contributed by atoms with van der Waals surface area (Å²) in [7, 11) is 0. The number of carbonyl (C=O) groups excluding carboxylic acids is 1. The molecule has 1 aromatic carbocycles. The highest BCUT2D eigenvalue weighted by molar-refractivity contribution is 5.76. The van der Waals surface area contributed by atoms with Gasteiger partial charge in [0.05, 0.1) is 0 Å². The molecule has 0 radical (unpaired) electrons. The van der Waals surface area contributed by atoms with Crippen LogP contribution in [0.1, 0.15) is 6.42 Å². The summed E-state index contributed by atoms with van der Waals surface area (Å²) in [5, 5.41) is 0. The summed E-state index contributed by atoms with van der Waals surface area (Å²) in [5.41, 5.74) is 6.25. The molecule has 1 heterocycles. The van der Waals surface area contributed by atoms with Gasteiger partial charge in [-0.25, -0.2) is 4.39 Å². The van der Waals surface area contributed by atoms with Crippen LogP contribution in [0.3, 0.4) is 0 Å². The van der Waals surface area contributed by atoms with E-state index in [1.54, 1.807) is 6.07 Å². The van der Waals surface area contributed by atoms with Gasteiger partial charge in [-0.1, -0.05) is 6.07 Å². The van der Waals surface area contributed by atoms with Crippen LogP contribution in [0.15, 0.2) is 24.3 Å². The summed E-state index contributed by atoms with van der Waals surface area (Å²) < 4.78 is 13.1. The Bertz CT molecular complexity index is 416. The summed E-state index contributed by atoms with van der Waals surface area (Å²) >= 11 is 0. The van der Waals surface area contributed by atoms with Gasteiger partial charge >= 0.3 is 0 Å². The predicted molar refractivity (Wildman–Crippen MR) is 68.9 cm³/mol. The van der Waals surface area contributed by atoms with Gasteiger partial charge in [0.1, 0.15) is 5.82 Å². The lowest BCUT2D eigenvalue weighted by Crippen LogP contribution is -2.49. The summed E-state index contributed by atoms with van der Waals surface area (Å²) in [6.45, 7) is 3.22. The van der Waals surface area contributed by atoms with Gasteiger partial charge in [-0.3, -0.25) is 4.79 Å². The molecule has 0 aromatic heterocycles. The molecular weight excluding hydrogens is 233 g/mol. The van der Waals surface area contributed by atoms with Gasteiger partial charge in [0.15, 0.2) is 0 Å². The molecular formula is C13H18FN3O. The Labute approximate surface area is 106 Å². The minimum Gasteiger partial charge on any atom is -0.368 e. The van der Waals surface area contributed by atoms with Crippen LogP contribution in [0.5, 0.6) is 0 Å². The third-order valence-electron chi connectivity index (χ3n) is 3.16. The Morgan fingerprint density at radius 1 is 1.28 bits per heavy atom. The Kier molecular flexibility index (Phi) is 4.15. The van der Waals surface area contributed by atoms with Crippen LogP contribution in [-0.2, 0) is 4.79 Å². The molecule has 4 nitrogen and oxygen atoms in total. The van der Waals surface area contributed by atoms with Gasteiger partial charge in [-0.2, -0.15) is 0 Å². The first kappa shape index (κ1) is 12.8. The van der Waals surface area contributed by atoms with Crippen molar-refractivity contribution in [1.82, 2.24) is 4.90 Å². The molecule has 0 saturated carbocycles. The number of hydrogen-bond acceptors (Lipinski definition) is 3. The molecule has 0 bridgehead atoms. The van der Waals surface area contributed by atoms with Crippen molar-refractivity contribution in [3.63, 3.8) is 0 Å². The van der Waals surface area contributed by atoms with Crippen molar-refractivity contribution in [2.24, 2.45) is 5.73 Å². The molecule has 0 unspecified atom stereocenters. The third-order valence-corrected chi connectivity index (χ3v) is 3.16. The van der Waals surface area contributed by atoms with Crippen LogP contribution in [0.2, 0.25) is 0 Å². The minimum absolute atomic E-state index is 0.108. The summed E-state index contributed by atoms with van der Waals surface area (Å²) in [6, 6.07) is 6.55. The first-order chi connectivity index (χ1) is 8.70. The second-order valence-electron chi connectivity index (χ2n) is 4.39. The Balaban J connectivity index is 1.92. The summed E-state index contributed by atoms with van der Waals surface area (Å²) in [5.74, 6) is -0.120. The van der Waals surface area contributed by atoms with E-state index in [0.29, 0.717) is 26.1 Å². The number of halogens is 1. The highest BCUT2D eigenvalue weighted by Crippen LogP contribution is 2.17. The van der Waals surface area contributed by atoms with E-state index < -0.39 is 0 Å². The number of amides is 1. The molecule has 0 atom stereocenters. The van der Waals surface area contributed by atoms with E-state index in [-0.39, 0.29) is 11.7 Å². The van der Waals surface area contributed by atoms with Crippen LogP contribution >= 0.6 is 0 Å². The zero-order valence-electron chi connectivity index (χ0n) is 10.3. The van der Waals surface area contributed by atoms with Gasteiger partial charge in [-0.15, -0.1) is 0 Å². The van der Waals surface area contributed by atoms with Gasteiger partial charge in [0.2, 0.25) is 5.91 Å². The number of nitrogens with two attached hydrogens (primary N) is 1. The molecule has 1 fully saturated rings. The zero-order chi connectivity index (χ0) is 13.0. The van der Waals surface area contributed by atoms with Crippen molar-refractivity contribution in [3.05, 3.63) is 30.1 Å². The van der Waals surface area contributed by atoms with E-state index in [0.717, 1.165) is 18.8 Å². The molecule has 1 saturated heterocycles. The second-order valence-corrected chi connectivity index (χ2v) is 4.39. The standard InChI is InChI=1S/C13H18FN3O/c14-11-2-1-3-12(10-11)16-6-8-17(9-7-16)13(18)4-5-15/h1-3,10H,4-9,15H2. The van der Waals surface area contributed by atoms with Crippen molar-refractivity contribution >= 4 is 11.6 Å². The van der Waals surface area contributed by atoms with Gasteiger partial charge in [0.25, 0.3) is 0 Å². The Hall–Kier alpha value is -1.62. The van der Waals surface area contributed by atoms with Gasteiger partial charge < -0.3 is 15.5 Å². The molecule has 98 valence electrons. The number of rotatable bonds is 3. The van der Waals surface area contributed by atoms with Crippen LogP contribution in [0.4, 0.5) is 10.1 Å². The van der Waals surface area contributed by atoms with E-state index in [1.165, 1.54) is 12.1 Å². The van der Waals surface area contributed by atoms with E-state index in [9.17, 15) is 9.18 Å². The van der Waals surface area contributed by atoms with E-state index in [4.69, 9.17) is 5.73 Å². The Morgan fingerprint density at radius 2 is 2.00 bits per heavy atom. The number of nitrogens with zero attached hydrogens (tertiary/aromatic N) is 2. The molecule has 1 aliphatic heterocycles. The second kappa shape index (κ2) is 5.82. The maximum atomic E-state index is 13.1. The minimum atomic E-state index is -0.228. The topological polar surface area (TPSA) is 49.6 Å². The zero-order valence-corrected chi connectivity index (χ0v) is 10.3. The molecule has 18 heavy (non-hydrogen) atoms. The Morgan fingerprint density at radius 3 is 2.61 bits per heavy atom. The predicted octanol–water partition coefficient (Wildman–Crippen LogP) is 0.823. The fraction of sp³-hybridized carbons (Fsp3) is 0.462. The SMILES string of the molecule is NCCC(=O)N1CCN(c2cccc(F)c2)CC1. The maximum absolute atomic E-state index is 13.1. The molecule has 2 rings (SSSR count). The van der Waals surface area contributed by atoms with Crippen molar-refractivity contribution in [1.29, 1.82) is 0 Å². The van der Waals surface area contributed by atoms with Crippen molar-refractivity contribution in [2.45, 2.75) is 6.42 Å². The highest BCUT2D eigenvalue weighted by Gasteiger charge is 2.20. The van der Waals surface area contributed by atoms with Crippen LogP contribution < -0.4 is 10.6 Å². The lowest BCUT2D eigenvalue weighted by molar-refractivity contribution is -0.131. The molecule has 1 aromatic rings. The largest absolute Gasteiger partial charge is 0.368 e. The fourth-order valence-corrected chi connectivity index (χ4v) is 2.17. The van der Waals surface area contributed by atoms with Crippen LogP contribution in [-0.4, -0.2) is 43.5 Å². The normalized spacial score (nSPS) is 15.9. The van der Waals surface area contributed by atoms with E-state index >= 15 is 0 Å². The molecule has 1 amide bonds. The first-order valence-corrected chi connectivity index (χ1v) is 6.19. The average molecular weight is 251 g/mol. The van der Waals surface area contributed by atoms with Crippen molar-refractivity contribution in [3.8, 4) is 0 Å². The molecule has 0 aliphatic carbocycles. The average Bonchev–Trinajstić information content (AvgIpc) is 2.39. The van der Waals surface area contributed by atoms with Crippen LogP contribution in [0.25, 0.3) is 0 Å². The third kappa shape index (κ3) is 2.98. The number of anilines is 1. The number of benzene rings is 1. The van der Waals surface area contributed by atoms with Gasteiger partial charge in [-0.05, 0) is 18.2 Å². The maximum Gasteiger partial charge on any atom is 0.223 e. The van der Waals surface area contributed by atoms with Crippen LogP contribution in [0, 0.1) is 5.82 Å². The van der Waals surface area contributed by atoms with Crippen molar-refractivity contribution in [2.75, 3.05) is 37.6 Å². The molecule has 0 spiro atoms. The number of carbonyl (C=O) groups is 1. The fourth-order valence-electron chi connectivity index (χ4n) is 2.17. The van der Waals surface area contributed by atoms with E-state index in [1.807, 2.05) is 11.0 Å². The highest BCUT2D eigenvalue weighted by atomic mass is 19.1. The quantitative estimate of drug-likeness (QED) is 0.865. The first-order valence-electron chi connectivity index (χ1n) is 6.19. The molecule has 1 aliphatic rings. The monoisotopic (exact) mass is 251 g/mol. The summed E-state index contributed by atoms with van der Waals surface area (Å²) in [6.07, 6.45) is 0.403. The van der Waals surface area contributed by atoms with Gasteiger partial charge in [0, 0.05) is 44.8 Å². The lowest BCUT2D eigenvalue weighted by Gasteiger charge is -2.36. The lowest BCUT2D eigenvalue weighted by atomic mass is 10.2. The number of hydrogen-bond donors (Lipinski definition) is 1. The van der Waals surface area contributed by atoms with E-state index in [2.05, 4.69) is 4.90 Å². The number of piperazine rings is 1. The molecule has 5 heteroatoms. The van der Waals surface area contributed by atoms with Crippen molar-refractivity contribution < 1.29 is 9.18 Å². The smallest absolute Gasteiger partial charge is 0.223 e. The molecule has 2 N–H and O–H groups in total. The summed E-state index contributed by atoms with van der Waals surface area (Å²) in [4.78, 5) is 15.6.